The number of nitrogens with one attached hydrogen (secondary N) is 1. The number of fused-ring (bicyclic) bond motifs is 1. The number of methoxy groups -OCH3 is 1. The molecule has 2 aromatic heterocycles. The molecule has 3 rings (SSSR count). The molecule has 1 saturated heterocycles. The van der Waals surface area contributed by atoms with Gasteiger partial charge in [0.05, 0.1) is 13.7 Å². The van der Waals surface area contributed by atoms with Gasteiger partial charge in [-0.2, -0.15) is 4.31 Å². The van der Waals surface area contributed by atoms with E-state index >= 15 is 0 Å². The zero-order valence-electron chi connectivity index (χ0n) is 15.6. The van der Waals surface area contributed by atoms with Crippen LogP contribution in [0, 0.1) is 0 Å². The Morgan fingerprint density at radius 1 is 1.40 bits per heavy atom. The number of hydrogen-bond acceptors (Lipinski definition) is 10. The number of phosphoric ester groups is 1. The number of aryl methyl sites for hydroxylation is 1. The minimum absolute atomic E-state index is 0.0943. The summed E-state index contributed by atoms with van der Waals surface area (Å²) in [5.74, 6) is -0.168. The third kappa shape index (κ3) is 4.63. The summed E-state index contributed by atoms with van der Waals surface area (Å²) in [5, 5.41) is 10.6. The van der Waals surface area contributed by atoms with Crippen LogP contribution in [0.15, 0.2) is 11.1 Å². The first-order valence-electron chi connectivity index (χ1n) is 8.19. The van der Waals surface area contributed by atoms with E-state index in [0.29, 0.717) is 0 Å². The van der Waals surface area contributed by atoms with Crippen molar-refractivity contribution in [2.45, 2.75) is 24.5 Å². The van der Waals surface area contributed by atoms with Gasteiger partial charge in [-0.25, -0.2) is 13.7 Å². The van der Waals surface area contributed by atoms with E-state index in [-0.39, 0.29) is 17.1 Å². The number of ether oxygens (including phenoxy) is 2. The number of nitrogens with zero attached hydrogens (tertiary/aromatic N) is 3. The third-order valence-corrected chi connectivity index (χ3v) is 6.41. The van der Waals surface area contributed by atoms with Crippen molar-refractivity contribution < 1.29 is 51.8 Å². The number of nitrogens with two attached hydrogens (primary N) is 1. The molecule has 1 fully saturated rings. The van der Waals surface area contributed by atoms with Crippen LogP contribution >= 0.6 is 15.6 Å². The normalized spacial score (nSPS) is 26.9. The zero-order valence-corrected chi connectivity index (χ0v) is 17.3. The summed E-state index contributed by atoms with van der Waals surface area (Å²) in [5.41, 5.74) is 5.30. The number of aromatic amines is 1. The molecule has 0 aromatic carbocycles. The van der Waals surface area contributed by atoms with Crippen LogP contribution in [0.25, 0.3) is 11.2 Å². The van der Waals surface area contributed by atoms with Crippen LogP contribution in [-0.4, -0.2) is 66.4 Å². The highest BCUT2D eigenvalue weighted by Gasteiger charge is 2.49. The molecule has 0 saturated carbocycles. The van der Waals surface area contributed by atoms with Crippen molar-refractivity contribution in [2.24, 2.45) is 7.05 Å². The highest BCUT2D eigenvalue weighted by atomic mass is 31.3. The molecule has 0 bridgehead atoms. The maximum Gasteiger partial charge on any atom is 0.481 e. The molecule has 1 aliphatic rings. The predicted octanol–water partition coefficient (Wildman–Crippen LogP) is -2.37. The Morgan fingerprint density at radius 2 is 2.07 bits per heavy atom. The van der Waals surface area contributed by atoms with Gasteiger partial charge in [0.25, 0.3) is 11.5 Å². The first-order valence-corrected chi connectivity index (χ1v) is 11.2. The molecule has 0 radical (unpaired) electrons. The van der Waals surface area contributed by atoms with Gasteiger partial charge in [0, 0.05) is 7.11 Å². The van der Waals surface area contributed by atoms with E-state index in [1.54, 1.807) is 7.05 Å². The smallest absolute Gasteiger partial charge is 0.384 e. The molecule has 168 valence electrons. The fourth-order valence-electron chi connectivity index (χ4n) is 3.16. The Bertz CT molecular complexity index is 1100. The van der Waals surface area contributed by atoms with Gasteiger partial charge in [-0.15, -0.1) is 0 Å². The number of H-pyrrole nitrogens is 1. The molecule has 30 heavy (non-hydrogen) atoms. The van der Waals surface area contributed by atoms with Gasteiger partial charge in [-0.05, 0) is 0 Å². The number of rotatable bonds is 7. The summed E-state index contributed by atoms with van der Waals surface area (Å²) in [4.78, 5) is 45.3. The molecule has 5 atom stereocenters. The molecule has 2 aromatic rings. The van der Waals surface area contributed by atoms with Crippen molar-refractivity contribution in [3.8, 4) is 0 Å². The molecule has 7 N–H and O–H groups in total. The minimum Gasteiger partial charge on any atom is -0.384 e. The average Bonchev–Trinajstić information content (AvgIpc) is 3.07. The highest BCUT2D eigenvalue weighted by Crippen LogP contribution is 2.57. The van der Waals surface area contributed by atoms with Gasteiger partial charge < -0.3 is 35.0 Å². The molecule has 0 amide bonds. The first kappa shape index (κ1) is 23.0. The quantitative estimate of drug-likeness (QED) is 0.183. The lowest BCUT2D eigenvalue weighted by molar-refractivity contribution is -0.745. The fraction of sp³-hybridized carbons (Fsp3) is 0.583. The van der Waals surface area contributed by atoms with Crippen molar-refractivity contribution >= 4 is 32.8 Å². The SMILES string of the molecule is COC1C(O)[C@H]([n+]2cn(C)c3c(=O)[nH]c(N)nc32)O[C@@H]1COP(=O)(O)OP(=O)(O)O. The van der Waals surface area contributed by atoms with Gasteiger partial charge in [0.1, 0.15) is 18.3 Å². The largest absolute Gasteiger partial charge is 0.481 e. The van der Waals surface area contributed by atoms with E-state index in [9.17, 15) is 23.9 Å². The van der Waals surface area contributed by atoms with E-state index in [1.165, 1.54) is 22.6 Å². The second kappa shape index (κ2) is 8.09. The number of anilines is 1. The lowest BCUT2D eigenvalue weighted by atomic mass is 10.1. The van der Waals surface area contributed by atoms with Crippen LogP contribution in [0.1, 0.15) is 6.23 Å². The second-order valence-corrected chi connectivity index (χ2v) is 9.18. The number of nitrogen functional groups attached to an aromatic ring is 1. The van der Waals surface area contributed by atoms with Gasteiger partial charge in [-0.1, -0.05) is 4.98 Å². The molecule has 18 heteroatoms. The summed E-state index contributed by atoms with van der Waals surface area (Å²) < 4.78 is 44.3. The zero-order chi connectivity index (χ0) is 22.4. The van der Waals surface area contributed by atoms with Crippen molar-refractivity contribution in [3.05, 3.63) is 16.7 Å². The maximum atomic E-state index is 12.1. The molecule has 0 aliphatic carbocycles. The second-order valence-electron chi connectivity index (χ2n) is 6.35. The number of imidazole rings is 1. The molecule has 3 unspecified atom stereocenters. The van der Waals surface area contributed by atoms with E-state index in [2.05, 4.69) is 18.8 Å². The van der Waals surface area contributed by atoms with Gasteiger partial charge >= 0.3 is 21.3 Å². The summed E-state index contributed by atoms with van der Waals surface area (Å²) >= 11 is 0. The van der Waals surface area contributed by atoms with Crippen LogP contribution < -0.4 is 15.9 Å². The molecular formula is C12H20N5O11P2+. The van der Waals surface area contributed by atoms with Gasteiger partial charge in [0.15, 0.2) is 6.33 Å². The van der Waals surface area contributed by atoms with Gasteiger partial charge in [0.2, 0.25) is 11.7 Å². The van der Waals surface area contributed by atoms with Crippen molar-refractivity contribution in [2.75, 3.05) is 19.5 Å². The van der Waals surface area contributed by atoms with Gasteiger partial charge in [-0.3, -0.25) is 18.9 Å². The van der Waals surface area contributed by atoms with E-state index in [0.717, 1.165) is 0 Å². The highest BCUT2D eigenvalue weighted by molar-refractivity contribution is 7.60. The summed E-state index contributed by atoms with van der Waals surface area (Å²) in [7, 11) is -7.62. The maximum absolute atomic E-state index is 12.1. The van der Waals surface area contributed by atoms with Crippen molar-refractivity contribution in [1.82, 2.24) is 14.5 Å². The Hall–Kier alpha value is -1.71. The number of aliphatic hydroxyl groups excluding tert-OH is 1. The van der Waals surface area contributed by atoms with E-state index in [4.69, 9.17) is 25.0 Å². The van der Waals surface area contributed by atoms with Crippen LogP contribution in [0.2, 0.25) is 0 Å². The Kier molecular flexibility index (Phi) is 6.19. The van der Waals surface area contributed by atoms with Crippen LogP contribution in [0.3, 0.4) is 0 Å². The number of hydrogen-bond donors (Lipinski definition) is 6. The standard InChI is InChI=1S/C12H19N5O11P2/c1-16-4-17(9-6(16)10(19)15-12(13)14-9)11-7(18)8(25-2)5(27-11)3-26-30(23,24)28-29(20,21)22/h4-5,7-8,11,18H,3H2,1-2H3,(H5-,13,14,15,19,20,21,22,23,24)/p+1/t5-,7?,8?,11-/m1/s1. The first-order chi connectivity index (χ1) is 13.8. The van der Waals surface area contributed by atoms with Crippen LogP contribution in [0.4, 0.5) is 5.95 Å². The number of aromatic nitrogens is 4. The molecule has 0 spiro atoms. The molecule has 3 heterocycles. The number of aliphatic hydroxyl groups is 1. The molecule has 1 aliphatic heterocycles. The van der Waals surface area contributed by atoms with E-state index in [1.807, 2.05) is 0 Å². The third-order valence-electron chi connectivity index (χ3n) is 4.26. The van der Waals surface area contributed by atoms with E-state index < -0.39 is 52.4 Å². The molecular weight excluding hydrogens is 452 g/mol. The van der Waals surface area contributed by atoms with Crippen LogP contribution in [0.5, 0.6) is 0 Å². The van der Waals surface area contributed by atoms with Crippen LogP contribution in [-0.2, 0) is 34.5 Å². The minimum atomic E-state index is -5.30. The Balaban J connectivity index is 1.87. The summed E-state index contributed by atoms with van der Waals surface area (Å²) in [6, 6.07) is 0. The lowest BCUT2D eigenvalue weighted by Gasteiger charge is -2.19. The topological polar surface area (TPSA) is 233 Å². The fourth-order valence-corrected chi connectivity index (χ4v) is 4.75. The molecule has 16 nitrogen and oxygen atoms in total. The monoisotopic (exact) mass is 472 g/mol. The van der Waals surface area contributed by atoms with Crippen molar-refractivity contribution in [3.63, 3.8) is 0 Å². The summed E-state index contributed by atoms with van der Waals surface area (Å²) in [6.45, 7) is -0.721. The predicted molar refractivity (Wildman–Crippen MR) is 95.6 cm³/mol. The average molecular weight is 472 g/mol. The lowest BCUT2D eigenvalue weighted by Crippen LogP contribution is -2.46. The summed E-state index contributed by atoms with van der Waals surface area (Å²) in [6.07, 6.45) is -3.32. The Morgan fingerprint density at radius 3 is 2.67 bits per heavy atom. The Labute approximate surface area is 167 Å². The van der Waals surface area contributed by atoms with Crippen molar-refractivity contribution in [1.29, 1.82) is 0 Å². The number of phosphoric acid groups is 2.